The third-order valence-electron chi connectivity index (χ3n) is 5.81. The number of amides is 1. The predicted molar refractivity (Wildman–Crippen MR) is 105 cm³/mol. The topological polar surface area (TPSA) is 49.8 Å². The van der Waals surface area contributed by atoms with Crippen LogP contribution >= 0.6 is 0 Å². The second kappa shape index (κ2) is 8.72. The van der Waals surface area contributed by atoms with E-state index < -0.39 is 6.10 Å². The molecule has 0 heterocycles. The van der Waals surface area contributed by atoms with Crippen molar-refractivity contribution in [2.24, 2.45) is 11.8 Å². The largest absolute Gasteiger partial charge is 0.489 e. The van der Waals surface area contributed by atoms with Crippen LogP contribution in [0.15, 0.2) is 18.7 Å². The van der Waals surface area contributed by atoms with Crippen LogP contribution in [-0.2, 0) is 11.2 Å². The molecule has 3 atom stereocenters. The Morgan fingerprint density at radius 1 is 1.42 bits per heavy atom. The van der Waals surface area contributed by atoms with E-state index in [1.807, 2.05) is 32.6 Å². The van der Waals surface area contributed by atoms with Crippen LogP contribution in [-0.4, -0.2) is 35.6 Å². The van der Waals surface area contributed by atoms with E-state index in [2.05, 4.69) is 19.6 Å². The van der Waals surface area contributed by atoms with E-state index >= 15 is 0 Å². The van der Waals surface area contributed by atoms with Crippen molar-refractivity contribution >= 4 is 5.91 Å². The van der Waals surface area contributed by atoms with Crippen LogP contribution in [0.4, 0.5) is 0 Å². The lowest BCUT2D eigenvalue weighted by atomic mass is 9.72. The van der Waals surface area contributed by atoms with Gasteiger partial charge in [0.25, 0.3) is 0 Å². The highest BCUT2D eigenvalue weighted by atomic mass is 16.5. The maximum Gasteiger partial charge on any atom is 0.225 e. The molecule has 0 fully saturated rings. The number of benzene rings is 1. The lowest BCUT2D eigenvalue weighted by molar-refractivity contribution is -0.138. The summed E-state index contributed by atoms with van der Waals surface area (Å²) in [6.07, 6.45) is 2.80. The van der Waals surface area contributed by atoms with Crippen molar-refractivity contribution in [2.45, 2.75) is 53.6 Å². The SMILES string of the molecule is C=CCOc1cc(C)c2c(c1C)[C@H](O)[C@H]([C@H](C)C(=O)N(CC)CC)CC2. The van der Waals surface area contributed by atoms with Crippen molar-refractivity contribution in [3.05, 3.63) is 41.0 Å². The van der Waals surface area contributed by atoms with Crippen molar-refractivity contribution in [2.75, 3.05) is 19.7 Å². The molecule has 0 saturated heterocycles. The summed E-state index contributed by atoms with van der Waals surface area (Å²) in [5.74, 6) is 0.665. The van der Waals surface area contributed by atoms with Crippen LogP contribution in [0.25, 0.3) is 0 Å². The number of carbonyl (C=O) groups is 1. The first-order valence-corrected chi connectivity index (χ1v) is 9.70. The third kappa shape index (κ3) is 3.80. The van der Waals surface area contributed by atoms with Gasteiger partial charge in [0.1, 0.15) is 12.4 Å². The number of hydrogen-bond acceptors (Lipinski definition) is 3. The van der Waals surface area contributed by atoms with E-state index in [0.29, 0.717) is 19.7 Å². The molecule has 1 aromatic rings. The molecule has 0 aliphatic heterocycles. The van der Waals surface area contributed by atoms with Gasteiger partial charge in [0.05, 0.1) is 6.10 Å². The molecule has 1 aromatic carbocycles. The number of carbonyl (C=O) groups excluding carboxylic acids is 1. The quantitative estimate of drug-likeness (QED) is 0.750. The molecule has 1 N–H and O–H groups in total. The predicted octanol–water partition coefficient (Wildman–Crippen LogP) is 3.97. The Kier molecular flexibility index (Phi) is 6.87. The van der Waals surface area contributed by atoms with Gasteiger partial charge in [-0.05, 0) is 68.9 Å². The zero-order chi connectivity index (χ0) is 19.4. The van der Waals surface area contributed by atoms with E-state index in [9.17, 15) is 9.90 Å². The lowest BCUT2D eigenvalue weighted by Crippen LogP contribution is -2.40. The smallest absolute Gasteiger partial charge is 0.225 e. The highest BCUT2D eigenvalue weighted by Crippen LogP contribution is 2.44. The number of rotatable bonds is 7. The Morgan fingerprint density at radius 3 is 2.65 bits per heavy atom. The maximum absolute atomic E-state index is 12.8. The number of aryl methyl sites for hydroxylation is 1. The second-order valence-corrected chi connectivity index (χ2v) is 7.26. The minimum atomic E-state index is -0.640. The van der Waals surface area contributed by atoms with Gasteiger partial charge < -0.3 is 14.7 Å². The maximum atomic E-state index is 12.8. The molecule has 1 aliphatic carbocycles. The van der Waals surface area contributed by atoms with E-state index in [1.54, 1.807) is 6.08 Å². The van der Waals surface area contributed by atoms with Crippen LogP contribution in [0.1, 0.15) is 55.5 Å². The molecule has 26 heavy (non-hydrogen) atoms. The minimum Gasteiger partial charge on any atom is -0.489 e. The first-order valence-electron chi connectivity index (χ1n) is 9.70. The fourth-order valence-electron chi connectivity index (χ4n) is 4.21. The van der Waals surface area contributed by atoms with E-state index in [1.165, 1.54) is 5.56 Å². The number of hydrogen-bond donors (Lipinski definition) is 1. The number of aliphatic hydroxyl groups excluding tert-OH is 1. The van der Waals surface area contributed by atoms with Gasteiger partial charge in [-0.3, -0.25) is 4.79 Å². The van der Waals surface area contributed by atoms with Crippen LogP contribution in [0.5, 0.6) is 5.75 Å². The molecule has 4 nitrogen and oxygen atoms in total. The third-order valence-corrected chi connectivity index (χ3v) is 5.81. The Balaban J connectivity index is 2.36. The fourth-order valence-corrected chi connectivity index (χ4v) is 4.21. The van der Waals surface area contributed by atoms with Crippen LogP contribution < -0.4 is 4.74 Å². The van der Waals surface area contributed by atoms with Gasteiger partial charge >= 0.3 is 0 Å². The monoisotopic (exact) mass is 359 g/mol. The molecule has 0 radical (unpaired) electrons. The summed E-state index contributed by atoms with van der Waals surface area (Å²) in [4.78, 5) is 14.7. The summed E-state index contributed by atoms with van der Waals surface area (Å²) < 4.78 is 5.79. The normalized spacial score (nSPS) is 20.2. The summed E-state index contributed by atoms with van der Waals surface area (Å²) >= 11 is 0. The van der Waals surface area contributed by atoms with Gasteiger partial charge in [0, 0.05) is 24.9 Å². The van der Waals surface area contributed by atoms with Gasteiger partial charge in [0.15, 0.2) is 0 Å². The van der Waals surface area contributed by atoms with Crippen molar-refractivity contribution in [1.29, 1.82) is 0 Å². The average molecular weight is 360 g/mol. The fraction of sp³-hybridized carbons (Fsp3) is 0.591. The molecule has 1 aliphatic rings. The van der Waals surface area contributed by atoms with Gasteiger partial charge in [-0.15, -0.1) is 0 Å². The Bertz CT molecular complexity index is 664. The molecule has 0 aromatic heterocycles. The van der Waals surface area contributed by atoms with Gasteiger partial charge in [-0.25, -0.2) is 0 Å². The van der Waals surface area contributed by atoms with Gasteiger partial charge in [0.2, 0.25) is 5.91 Å². The summed E-state index contributed by atoms with van der Waals surface area (Å²) in [5.41, 5.74) is 4.29. The zero-order valence-corrected chi connectivity index (χ0v) is 16.8. The molecule has 144 valence electrons. The molecule has 2 rings (SSSR count). The zero-order valence-electron chi connectivity index (χ0n) is 16.8. The number of nitrogens with zero attached hydrogens (tertiary/aromatic N) is 1. The van der Waals surface area contributed by atoms with Gasteiger partial charge in [-0.1, -0.05) is 19.6 Å². The lowest BCUT2D eigenvalue weighted by Gasteiger charge is -2.37. The molecular formula is C22H33NO3. The van der Waals surface area contributed by atoms with Crippen molar-refractivity contribution < 1.29 is 14.6 Å². The molecule has 0 bridgehead atoms. The van der Waals surface area contributed by atoms with Crippen molar-refractivity contribution in [1.82, 2.24) is 4.90 Å². The number of ether oxygens (including phenoxy) is 1. The standard InChI is InChI=1S/C22H33NO3/c1-7-12-26-19-13-14(4)17-10-11-18(21(24)20(17)16(19)6)15(5)22(25)23(8-2)9-3/h7,13,15,18,21,24H,1,8-12H2,2-6H3/t15-,18-,21+/m0/s1. The van der Waals surface area contributed by atoms with E-state index in [0.717, 1.165) is 35.3 Å². The van der Waals surface area contributed by atoms with E-state index in [-0.39, 0.29) is 17.7 Å². The Morgan fingerprint density at radius 2 is 2.08 bits per heavy atom. The molecule has 0 saturated carbocycles. The summed E-state index contributed by atoms with van der Waals surface area (Å²) in [5, 5.41) is 11.2. The Hall–Kier alpha value is -1.81. The first-order chi connectivity index (χ1) is 12.4. The highest BCUT2D eigenvalue weighted by molar-refractivity contribution is 5.79. The molecule has 0 spiro atoms. The van der Waals surface area contributed by atoms with Crippen molar-refractivity contribution in [3.8, 4) is 5.75 Å². The summed E-state index contributed by atoms with van der Waals surface area (Å²) in [6, 6.07) is 2.05. The second-order valence-electron chi connectivity index (χ2n) is 7.26. The van der Waals surface area contributed by atoms with E-state index in [4.69, 9.17) is 4.74 Å². The van der Waals surface area contributed by atoms with Crippen LogP contribution in [0.2, 0.25) is 0 Å². The summed E-state index contributed by atoms with van der Waals surface area (Å²) in [6.45, 7) is 15.6. The molecule has 0 unspecified atom stereocenters. The number of aliphatic hydroxyl groups is 1. The average Bonchev–Trinajstić information content (AvgIpc) is 2.63. The Labute approximate surface area is 157 Å². The molecule has 1 amide bonds. The minimum absolute atomic E-state index is 0.0663. The van der Waals surface area contributed by atoms with Gasteiger partial charge in [-0.2, -0.15) is 0 Å². The molecular weight excluding hydrogens is 326 g/mol. The first kappa shape index (κ1) is 20.5. The van der Waals surface area contributed by atoms with Crippen LogP contribution in [0, 0.1) is 25.7 Å². The van der Waals surface area contributed by atoms with Crippen molar-refractivity contribution in [3.63, 3.8) is 0 Å². The summed E-state index contributed by atoms with van der Waals surface area (Å²) in [7, 11) is 0. The molecule has 4 heteroatoms. The highest BCUT2D eigenvalue weighted by Gasteiger charge is 2.38. The van der Waals surface area contributed by atoms with Crippen LogP contribution in [0.3, 0.4) is 0 Å². The number of fused-ring (bicyclic) bond motifs is 1.